The Bertz CT molecular complexity index is 631. The van der Waals surface area contributed by atoms with Crippen LogP contribution in [0, 0.1) is 6.92 Å². The molecule has 0 radical (unpaired) electrons. The van der Waals surface area contributed by atoms with E-state index in [0.717, 1.165) is 6.42 Å². The second-order valence-corrected chi connectivity index (χ2v) is 6.94. The van der Waals surface area contributed by atoms with Crippen molar-refractivity contribution in [1.82, 2.24) is 5.32 Å². The summed E-state index contributed by atoms with van der Waals surface area (Å²) in [6, 6.07) is 5.73. The first-order valence-electron chi connectivity index (χ1n) is 6.20. The van der Waals surface area contributed by atoms with Gasteiger partial charge < -0.3 is 11.1 Å². The minimum Gasteiger partial charge on any atom is -0.366 e. The molecule has 0 aliphatic carbocycles. The van der Waals surface area contributed by atoms with Crippen molar-refractivity contribution >= 4 is 34.5 Å². The van der Waals surface area contributed by atoms with Gasteiger partial charge >= 0.3 is 0 Å². The number of amides is 2. The van der Waals surface area contributed by atoms with E-state index in [4.69, 9.17) is 5.73 Å². The van der Waals surface area contributed by atoms with Gasteiger partial charge in [-0.1, -0.05) is 0 Å². The van der Waals surface area contributed by atoms with Gasteiger partial charge in [0.05, 0.1) is 10.4 Å². The van der Waals surface area contributed by atoms with Gasteiger partial charge in [0.25, 0.3) is 5.91 Å². The Morgan fingerprint density at radius 3 is 2.70 bits per heavy atom. The maximum absolute atomic E-state index is 12.0. The van der Waals surface area contributed by atoms with Gasteiger partial charge in [0.2, 0.25) is 5.91 Å². The molecule has 0 aliphatic rings. The van der Waals surface area contributed by atoms with Gasteiger partial charge in [-0.25, -0.2) is 0 Å². The molecule has 2 aromatic rings. The second-order valence-electron chi connectivity index (χ2n) is 4.65. The Kier molecular flexibility index (Phi) is 4.57. The zero-order chi connectivity index (χ0) is 14.7. The van der Waals surface area contributed by atoms with Crippen LogP contribution in [0.4, 0.5) is 0 Å². The zero-order valence-electron chi connectivity index (χ0n) is 11.3. The standard InChI is InChI=1S/C14H16N2O2S2/c1-8(5-11-4-3-9(2)20-11)16-14(18)12-6-10(7-19-12)13(15)17/h3-4,6-8H,5H2,1-2H3,(H2,15,17)(H,16,18)/t8-/m0/s1. The summed E-state index contributed by atoms with van der Waals surface area (Å²) in [5.41, 5.74) is 5.55. The van der Waals surface area contributed by atoms with Crippen molar-refractivity contribution in [1.29, 1.82) is 0 Å². The van der Waals surface area contributed by atoms with Gasteiger partial charge in [0, 0.05) is 27.6 Å². The Morgan fingerprint density at radius 1 is 1.40 bits per heavy atom. The highest BCUT2D eigenvalue weighted by molar-refractivity contribution is 7.12. The van der Waals surface area contributed by atoms with Crippen molar-refractivity contribution in [3.05, 3.63) is 43.8 Å². The quantitative estimate of drug-likeness (QED) is 0.891. The fourth-order valence-corrected chi connectivity index (χ4v) is 3.65. The van der Waals surface area contributed by atoms with Crippen molar-refractivity contribution in [2.75, 3.05) is 0 Å². The summed E-state index contributed by atoms with van der Waals surface area (Å²) in [5.74, 6) is -0.675. The molecule has 2 aromatic heterocycles. The zero-order valence-corrected chi connectivity index (χ0v) is 12.9. The lowest BCUT2D eigenvalue weighted by atomic mass is 10.2. The number of carbonyl (C=O) groups excluding carboxylic acids is 2. The minimum atomic E-state index is -0.512. The Balaban J connectivity index is 1.94. The molecule has 0 saturated heterocycles. The first-order valence-corrected chi connectivity index (χ1v) is 7.90. The van der Waals surface area contributed by atoms with Crippen molar-refractivity contribution in [2.24, 2.45) is 5.73 Å². The molecule has 0 spiro atoms. The van der Waals surface area contributed by atoms with Gasteiger partial charge in [-0.15, -0.1) is 22.7 Å². The van der Waals surface area contributed by atoms with Crippen molar-refractivity contribution in [3.8, 4) is 0 Å². The Hall–Kier alpha value is -1.66. The predicted molar refractivity (Wildman–Crippen MR) is 82.5 cm³/mol. The molecule has 2 heterocycles. The van der Waals surface area contributed by atoms with E-state index in [2.05, 4.69) is 24.4 Å². The highest BCUT2D eigenvalue weighted by atomic mass is 32.1. The van der Waals surface area contributed by atoms with Gasteiger partial charge in [0.15, 0.2) is 0 Å². The van der Waals surface area contributed by atoms with E-state index in [9.17, 15) is 9.59 Å². The molecule has 20 heavy (non-hydrogen) atoms. The summed E-state index contributed by atoms with van der Waals surface area (Å²) in [7, 11) is 0. The number of primary amides is 1. The Labute approximate surface area is 125 Å². The van der Waals surface area contributed by atoms with Gasteiger partial charge in [-0.2, -0.15) is 0 Å². The average molecular weight is 308 g/mol. The maximum atomic E-state index is 12.0. The van der Waals surface area contributed by atoms with Crippen LogP contribution in [0.25, 0.3) is 0 Å². The molecule has 2 rings (SSSR count). The van der Waals surface area contributed by atoms with Crippen LogP contribution in [0.3, 0.4) is 0 Å². The third kappa shape index (κ3) is 3.68. The molecule has 0 fully saturated rings. The van der Waals surface area contributed by atoms with E-state index in [1.165, 1.54) is 27.2 Å². The lowest BCUT2D eigenvalue weighted by Gasteiger charge is -2.11. The smallest absolute Gasteiger partial charge is 0.261 e. The van der Waals surface area contributed by atoms with Crippen LogP contribution >= 0.6 is 22.7 Å². The summed E-state index contributed by atoms with van der Waals surface area (Å²) in [6.07, 6.45) is 0.804. The van der Waals surface area contributed by atoms with E-state index in [1.807, 2.05) is 6.92 Å². The molecule has 0 aliphatic heterocycles. The second kappa shape index (κ2) is 6.19. The first-order chi connectivity index (χ1) is 9.45. The highest BCUT2D eigenvalue weighted by Gasteiger charge is 2.14. The van der Waals surface area contributed by atoms with Crippen LogP contribution in [0.15, 0.2) is 23.6 Å². The molecular formula is C14H16N2O2S2. The summed E-state index contributed by atoms with van der Waals surface area (Å²) < 4.78 is 0. The third-order valence-electron chi connectivity index (χ3n) is 2.79. The average Bonchev–Trinajstić information content (AvgIpc) is 2.98. The summed E-state index contributed by atoms with van der Waals surface area (Å²) in [4.78, 5) is 26.1. The highest BCUT2D eigenvalue weighted by Crippen LogP contribution is 2.18. The van der Waals surface area contributed by atoms with Gasteiger partial charge in [-0.05, 0) is 32.0 Å². The summed E-state index contributed by atoms with van der Waals surface area (Å²) in [6.45, 7) is 4.03. The number of thiophene rings is 2. The molecule has 6 heteroatoms. The van der Waals surface area contributed by atoms with Crippen LogP contribution < -0.4 is 11.1 Å². The number of hydrogen-bond acceptors (Lipinski definition) is 4. The number of hydrogen-bond donors (Lipinski definition) is 2. The van der Waals surface area contributed by atoms with Crippen molar-refractivity contribution < 1.29 is 9.59 Å². The van der Waals surface area contributed by atoms with Crippen LogP contribution in [0.1, 0.15) is 36.7 Å². The van der Waals surface area contributed by atoms with E-state index >= 15 is 0 Å². The number of carbonyl (C=O) groups is 2. The van der Waals surface area contributed by atoms with Crippen molar-refractivity contribution in [3.63, 3.8) is 0 Å². The lowest BCUT2D eigenvalue weighted by Crippen LogP contribution is -2.33. The fraction of sp³-hybridized carbons (Fsp3) is 0.286. The van der Waals surface area contributed by atoms with E-state index < -0.39 is 5.91 Å². The van der Waals surface area contributed by atoms with Crippen molar-refractivity contribution in [2.45, 2.75) is 26.3 Å². The molecular weight excluding hydrogens is 292 g/mol. The maximum Gasteiger partial charge on any atom is 0.261 e. The van der Waals surface area contributed by atoms with Crippen LogP contribution in [-0.2, 0) is 6.42 Å². The fourth-order valence-electron chi connectivity index (χ4n) is 1.83. The van der Waals surface area contributed by atoms with Crippen LogP contribution in [0.5, 0.6) is 0 Å². The summed E-state index contributed by atoms with van der Waals surface area (Å²) in [5, 5.41) is 4.53. The first kappa shape index (κ1) is 14.7. The topological polar surface area (TPSA) is 72.2 Å². The monoisotopic (exact) mass is 308 g/mol. The number of nitrogens with one attached hydrogen (secondary N) is 1. The van der Waals surface area contributed by atoms with Gasteiger partial charge in [-0.3, -0.25) is 9.59 Å². The number of rotatable bonds is 5. The largest absolute Gasteiger partial charge is 0.366 e. The minimum absolute atomic E-state index is 0.0414. The molecule has 0 unspecified atom stereocenters. The SMILES string of the molecule is Cc1ccc(C[C@H](C)NC(=O)c2cc(C(N)=O)cs2)s1. The van der Waals surface area contributed by atoms with Gasteiger partial charge in [0.1, 0.15) is 0 Å². The molecule has 3 N–H and O–H groups in total. The van der Waals surface area contributed by atoms with Crippen LogP contribution in [0.2, 0.25) is 0 Å². The molecule has 0 bridgehead atoms. The summed E-state index contributed by atoms with van der Waals surface area (Å²) >= 11 is 2.97. The van der Waals surface area contributed by atoms with E-state index in [-0.39, 0.29) is 11.9 Å². The number of aryl methyl sites for hydroxylation is 1. The van der Waals surface area contributed by atoms with Crippen LogP contribution in [-0.4, -0.2) is 17.9 Å². The Morgan fingerprint density at radius 2 is 2.15 bits per heavy atom. The molecule has 106 valence electrons. The third-order valence-corrected chi connectivity index (χ3v) is 4.74. The van der Waals surface area contributed by atoms with E-state index in [0.29, 0.717) is 10.4 Å². The molecule has 4 nitrogen and oxygen atoms in total. The normalized spacial score (nSPS) is 12.1. The van der Waals surface area contributed by atoms with E-state index in [1.54, 1.807) is 16.7 Å². The molecule has 0 aromatic carbocycles. The lowest BCUT2D eigenvalue weighted by molar-refractivity contribution is 0.0944. The molecule has 0 saturated carbocycles. The molecule has 2 amide bonds. The molecule has 1 atom stereocenters. The number of nitrogens with two attached hydrogens (primary N) is 1. The predicted octanol–water partition coefficient (Wildman–Crippen LogP) is 2.58.